The molecule has 0 aromatic heterocycles. The van der Waals surface area contributed by atoms with Crippen LogP contribution in [-0.2, 0) is 0 Å². The Morgan fingerprint density at radius 1 is 0.818 bits per heavy atom. The number of carbonyl (C=O) groups is 2. The minimum Gasteiger partial charge on any atom is -0.496 e. The van der Waals surface area contributed by atoms with E-state index in [1.165, 1.54) is 14.2 Å². The predicted octanol–water partition coefficient (Wildman–Crippen LogP) is 2.09. The van der Waals surface area contributed by atoms with Crippen molar-refractivity contribution in [2.45, 2.75) is 0 Å². The smallest absolute Gasteiger partial charge is 0.270 e. The summed E-state index contributed by atoms with van der Waals surface area (Å²) in [7, 11) is 2.90. The average Bonchev–Trinajstić information content (AvgIpc) is 2.80. The van der Waals surface area contributed by atoms with Crippen LogP contribution in [0.3, 0.4) is 0 Å². The van der Waals surface area contributed by atoms with Crippen LogP contribution in [0, 0.1) is 0 Å². The number of hydrogen-bond acceptors (Lipinski definition) is 5. The van der Waals surface area contributed by atoms with E-state index in [9.17, 15) is 9.59 Å². The Labute approximate surface area is 127 Å². The Hall–Kier alpha value is -3.02. The van der Waals surface area contributed by atoms with Crippen LogP contribution >= 0.6 is 0 Å². The van der Waals surface area contributed by atoms with Crippen molar-refractivity contribution in [1.29, 1.82) is 0 Å². The second-order valence-corrected chi connectivity index (χ2v) is 4.76. The van der Waals surface area contributed by atoms with Gasteiger partial charge in [0, 0.05) is 5.69 Å². The molecule has 2 aromatic carbocycles. The molecule has 6 nitrogen and oxygen atoms in total. The maximum Gasteiger partial charge on any atom is 0.270 e. The summed E-state index contributed by atoms with van der Waals surface area (Å²) in [5, 5.41) is 0. The third-order valence-corrected chi connectivity index (χ3v) is 3.55. The number of imide groups is 1. The van der Waals surface area contributed by atoms with Gasteiger partial charge in [0.05, 0.1) is 31.0 Å². The van der Waals surface area contributed by atoms with Crippen molar-refractivity contribution in [3.8, 4) is 11.5 Å². The van der Waals surface area contributed by atoms with Gasteiger partial charge < -0.3 is 15.2 Å². The number of hydrogen-bond donors (Lipinski definition) is 1. The molecule has 3 rings (SSSR count). The quantitative estimate of drug-likeness (QED) is 0.693. The van der Waals surface area contributed by atoms with E-state index in [1.54, 1.807) is 36.4 Å². The lowest BCUT2D eigenvalue weighted by Gasteiger charge is -2.14. The van der Waals surface area contributed by atoms with Crippen LogP contribution in [0.2, 0.25) is 0 Å². The van der Waals surface area contributed by atoms with E-state index in [0.29, 0.717) is 22.9 Å². The minimum atomic E-state index is -0.444. The molecular weight excluding hydrogens is 284 g/mol. The normalized spacial score (nSPS) is 13.3. The molecule has 1 aliphatic heterocycles. The lowest BCUT2D eigenvalue weighted by molar-refractivity contribution is 0.0925. The summed E-state index contributed by atoms with van der Waals surface area (Å²) in [5.41, 5.74) is 7.07. The number of nitrogen functional groups attached to an aromatic ring is 1. The summed E-state index contributed by atoms with van der Waals surface area (Å²) in [6, 6.07) is 9.72. The van der Waals surface area contributed by atoms with Crippen molar-refractivity contribution in [2.24, 2.45) is 0 Å². The Kier molecular flexibility index (Phi) is 3.21. The van der Waals surface area contributed by atoms with Crippen molar-refractivity contribution in [2.75, 3.05) is 24.9 Å². The van der Waals surface area contributed by atoms with Crippen LogP contribution in [-0.4, -0.2) is 26.0 Å². The number of rotatable bonds is 3. The Bertz CT molecular complexity index is 725. The standard InChI is InChI=1S/C16H14N2O4/c1-21-11-7-8-12(22-2)14-13(11)15(19)18(16(14)20)10-5-3-9(17)4-6-10/h3-8H,17H2,1-2H3. The highest BCUT2D eigenvalue weighted by atomic mass is 16.5. The van der Waals surface area contributed by atoms with E-state index in [4.69, 9.17) is 15.2 Å². The zero-order chi connectivity index (χ0) is 15.9. The second kappa shape index (κ2) is 5.07. The van der Waals surface area contributed by atoms with Gasteiger partial charge in [-0.05, 0) is 36.4 Å². The molecule has 2 N–H and O–H groups in total. The molecule has 112 valence electrons. The molecule has 0 saturated carbocycles. The Morgan fingerprint density at radius 2 is 1.27 bits per heavy atom. The molecule has 2 aromatic rings. The zero-order valence-corrected chi connectivity index (χ0v) is 12.1. The fraction of sp³-hybridized carbons (Fsp3) is 0.125. The Balaban J connectivity index is 2.17. The summed E-state index contributed by atoms with van der Waals surface area (Å²) in [5.74, 6) is -0.208. The van der Waals surface area contributed by atoms with Crippen LogP contribution in [0.5, 0.6) is 11.5 Å². The second-order valence-electron chi connectivity index (χ2n) is 4.76. The molecule has 1 heterocycles. The summed E-state index contributed by atoms with van der Waals surface area (Å²) in [6.45, 7) is 0. The summed E-state index contributed by atoms with van der Waals surface area (Å²) >= 11 is 0. The van der Waals surface area contributed by atoms with Gasteiger partial charge in [-0.2, -0.15) is 0 Å². The van der Waals surface area contributed by atoms with Crippen LogP contribution in [0.25, 0.3) is 0 Å². The summed E-state index contributed by atoms with van der Waals surface area (Å²) in [4.78, 5) is 26.4. The molecular formula is C16H14N2O4. The number of nitrogens with two attached hydrogens (primary N) is 1. The van der Waals surface area contributed by atoms with E-state index < -0.39 is 11.8 Å². The third-order valence-electron chi connectivity index (χ3n) is 3.55. The molecule has 0 atom stereocenters. The fourth-order valence-corrected chi connectivity index (χ4v) is 2.50. The number of anilines is 2. The van der Waals surface area contributed by atoms with Gasteiger partial charge in [-0.15, -0.1) is 0 Å². The molecule has 0 bridgehead atoms. The number of fused-ring (bicyclic) bond motifs is 1. The van der Waals surface area contributed by atoms with Gasteiger partial charge in [0.25, 0.3) is 11.8 Å². The molecule has 22 heavy (non-hydrogen) atoms. The molecule has 0 spiro atoms. The minimum absolute atomic E-state index is 0.212. The van der Waals surface area contributed by atoms with Gasteiger partial charge >= 0.3 is 0 Å². The van der Waals surface area contributed by atoms with Crippen LogP contribution in [0.15, 0.2) is 36.4 Å². The lowest BCUT2D eigenvalue weighted by Crippen LogP contribution is -2.29. The first kappa shape index (κ1) is 13.9. The van der Waals surface area contributed by atoms with Crippen molar-refractivity contribution in [3.05, 3.63) is 47.5 Å². The highest BCUT2D eigenvalue weighted by Crippen LogP contribution is 2.39. The predicted molar refractivity (Wildman–Crippen MR) is 81.5 cm³/mol. The van der Waals surface area contributed by atoms with Crippen molar-refractivity contribution in [3.63, 3.8) is 0 Å². The van der Waals surface area contributed by atoms with Gasteiger partial charge in [0.15, 0.2) is 0 Å². The molecule has 6 heteroatoms. The first-order valence-corrected chi connectivity index (χ1v) is 6.57. The lowest BCUT2D eigenvalue weighted by atomic mass is 10.1. The number of amides is 2. The molecule has 0 aliphatic carbocycles. The topological polar surface area (TPSA) is 81.9 Å². The molecule has 2 amide bonds. The van der Waals surface area contributed by atoms with Crippen molar-refractivity contribution >= 4 is 23.2 Å². The van der Waals surface area contributed by atoms with Crippen molar-refractivity contribution in [1.82, 2.24) is 0 Å². The number of ether oxygens (including phenoxy) is 2. The van der Waals surface area contributed by atoms with Gasteiger partial charge in [0.2, 0.25) is 0 Å². The molecule has 0 radical (unpaired) electrons. The van der Waals surface area contributed by atoms with Crippen LogP contribution < -0.4 is 20.1 Å². The van der Waals surface area contributed by atoms with Gasteiger partial charge in [-0.25, -0.2) is 4.90 Å². The monoisotopic (exact) mass is 298 g/mol. The number of nitrogens with zero attached hydrogens (tertiary/aromatic N) is 1. The van der Waals surface area contributed by atoms with Crippen LogP contribution in [0.4, 0.5) is 11.4 Å². The van der Waals surface area contributed by atoms with E-state index in [-0.39, 0.29) is 11.1 Å². The van der Waals surface area contributed by atoms with Gasteiger partial charge in [-0.1, -0.05) is 0 Å². The zero-order valence-electron chi connectivity index (χ0n) is 12.1. The Morgan fingerprint density at radius 3 is 1.68 bits per heavy atom. The summed E-state index contributed by atoms with van der Waals surface area (Å²) < 4.78 is 10.4. The van der Waals surface area contributed by atoms with Gasteiger partial charge in [0.1, 0.15) is 11.5 Å². The average molecular weight is 298 g/mol. The van der Waals surface area contributed by atoms with E-state index >= 15 is 0 Å². The molecule has 0 unspecified atom stereocenters. The van der Waals surface area contributed by atoms with Gasteiger partial charge in [-0.3, -0.25) is 9.59 Å². The van der Waals surface area contributed by atoms with E-state index in [2.05, 4.69) is 0 Å². The molecule has 1 aliphatic rings. The number of benzene rings is 2. The first-order chi connectivity index (χ1) is 10.6. The SMILES string of the molecule is COc1ccc(OC)c2c1C(=O)N(c1ccc(N)cc1)C2=O. The number of carbonyl (C=O) groups excluding carboxylic acids is 2. The third kappa shape index (κ3) is 1.88. The van der Waals surface area contributed by atoms with Crippen LogP contribution in [0.1, 0.15) is 20.7 Å². The molecule has 0 fully saturated rings. The molecule has 0 saturated heterocycles. The fourth-order valence-electron chi connectivity index (χ4n) is 2.50. The maximum absolute atomic E-state index is 12.7. The highest BCUT2D eigenvalue weighted by Gasteiger charge is 2.41. The first-order valence-electron chi connectivity index (χ1n) is 6.57. The van der Waals surface area contributed by atoms with Crippen molar-refractivity contribution < 1.29 is 19.1 Å². The summed E-state index contributed by atoms with van der Waals surface area (Å²) in [6.07, 6.45) is 0. The number of methoxy groups -OCH3 is 2. The van der Waals surface area contributed by atoms with E-state index in [0.717, 1.165) is 4.90 Å². The largest absolute Gasteiger partial charge is 0.496 e. The maximum atomic E-state index is 12.7. The highest BCUT2D eigenvalue weighted by molar-refractivity contribution is 6.36. The van der Waals surface area contributed by atoms with E-state index in [1.807, 2.05) is 0 Å².